The molecule has 0 saturated heterocycles. The van der Waals surface area contributed by atoms with Crippen LogP contribution in [0.4, 0.5) is 23.0 Å². The average molecular weight is 474 g/mol. The van der Waals surface area contributed by atoms with Gasteiger partial charge in [-0.05, 0) is 68.4 Å². The van der Waals surface area contributed by atoms with Crippen molar-refractivity contribution in [2.24, 2.45) is 0 Å². The Morgan fingerprint density at radius 3 is 2.53 bits per heavy atom. The van der Waals surface area contributed by atoms with Gasteiger partial charge in [0.2, 0.25) is 5.95 Å². The number of benzene rings is 3. The minimum atomic E-state index is -0.190. The summed E-state index contributed by atoms with van der Waals surface area (Å²) in [5, 5.41) is 14.9. The number of rotatable bonds is 7. The van der Waals surface area contributed by atoms with Crippen LogP contribution in [-0.4, -0.2) is 39.2 Å². The van der Waals surface area contributed by atoms with Gasteiger partial charge in [0, 0.05) is 34.9 Å². The summed E-state index contributed by atoms with van der Waals surface area (Å²) in [5.74, 6) is 0.398. The number of halogens is 1. The van der Waals surface area contributed by atoms with Crippen molar-refractivity contribution in [2.75, 3.05) is 28.6 Å². The number of nitrogens with one attached hydrogen (secondary N) is 4. The van der Waals surface area contributed by atoms with Gasteiger partial charge in [-0.15, -0.1) is 0 Å². The number of nitrogens with zero attached hydrogens (tertiary/aromatic N) is 3. The zero-order chi connectivity index (χ0) is 23.7. The number of carbonyl (C=O) groups is 1. The van der Waals surface area contributed by atoms with Crippen LogP contribution >= 0.6 is 11.6 Å². The van der Waals surface area contributed by atoms with E-state index >= 15 is 0 Å². The lowest BCUT2D eigenvalue weighted by Crippen LogP contribution is -2.25. The molecule has 0 saturated carbocycles. The fourth-order valence-electron chi connectivity index (χ4n) is 4.00. The molecule has 0 radical (unpaired) electrons. The number of aromatic amines is 2. The molecule has 4 N–H and O–H groups in total. The standard InChI is InChI=1S/C25H24ClN7O/c1-3-33(4-2)23-13-22-21(30-25(31-22)29-17-9-6-16(26)7-10-17)12-19(23)24(34)28-18-8-5-15-14-27-32-20(15)11-18/h5-14H,3-4H2,1-2H3,(H,27,32)(H,28,34)(H2,29,30,31). The highest BCUT2D eigenvalue weighted by molar-refractivity contribution is 6.30. The van der Waals surface area contributed by atoms with Gasteiger partial charge in [-0.2, -0.15) is 5.10 Å². The van der Waals surface area contributed by atoms with Gasteiger partial charge in [0.25, 0.3) is 5.91 Å². The van der Waals surface area contributed by atoms with Crippen LogP contribution in [0.1, 0.15) is 24.2 Å². The molecule has 5 aromatic rings. The Morgan fingerprint density at radius 2 is 1.76 bits per heavy atom. The highest BCUT2D eigenvalue weighted by Gasteiger charge is 2.19. The van der Waals surface area contributed by atoms with Crippen molar-refractivity contribution in [3.05, 3.63) is 71.4 Å². The van der Waals surface area contributed by atoms with E-state index in [0.29, 0.717) is 22.2 Å². The van der Waals surface area contributed by atoms with Crippen LogP contribution in [0.5, 0.6) is 0 Å². The Bertz CT molecular complexity index is 1470. The van der Waals surface area contributed by atoms with Gasteiger partial charge in [-0.3, -0.25) is 9.89 Å². The van der Waals surface area contributed by atoms with Crippen LogP contribution in [-0.2, 0) is 0 Å². The summed E-state index contributed by atoms with van der Waals surface area (Å²) in [7, 11) is 0. The van der Waals surface area contributed by atoms with Gasteiger partial charge in [0.1, 0.15) is 0 Å². The van der Waals surface area contributed by atoms with E-state index in [1.54, 1.807) is 6.20 Å². The molecule has 0 unspecified atom stereocenters. The number of aromatic nitrogens is 4. The van der Waals surface area contributed by atoms with E-state index in [9.17, 15) is 4.79 Å². The molecule has 34 heavy (non-hydrogen) atoms. The lowest BCUT2D eigenvalue weighted by atomic mass is 10.1. The van der Waals surface area contributed by atoms with Gasteiger partial charge >= 0.3 is 0 Å². The van der Waals surface area contributed by atoms with Crippen molar-refractivity contribution in [3.63, 3.8) is 0 Å². The van der Waals surface area contributed by atoms with Crippen molar-refractivity contribution in [3.8, 4) is 0 Å². The zero-order valence-electron chi connectivity index (χ0n) is 18.8. The Hall–Kier alpha value is -4.04. The highest BCUT2D eigenvalue weighted by Crippen LogP contribution is 2.29. The van der Waals surface area contributed by atoms with Crippen LogP contribution in [0.15, 0.2) is 60.8 Å². The van der Waals surface area contributed by atoms with Gasteiger partial charge < -0.3 is 20.5 Å². The Balaban J connectivity index is 1.50. The zero-order valence-corrected chi connectivity index (χ0v) is 19.6. The van der Waals surface area contributed by atoms with E-state index < -0.39 is 0 Å². The maximum absolute atomic E-state index is 13.4. The predicted molar refractivity (Wildman–Crippen MR) is 138 cm³/mol. The summed E-state index contributed by atoms with van der Waals surface area (Å²) in [6.45, 7) is 5.67. The first kappa shape index (κ1) is 21.8. The first-order valence-electron chi connectivity index (χ1n) is 11.1. The van der Waals surface area contributed by atoms with Gasteiger partial charge in [0.05, 0.1) is 34.0 Å². The molecule has 3 aromatic carbocycles. The molecule has 1 amide bonds. The van der Waals surface area contributed by atoms with E-state index in [-0.39, 0.29) is 5.91 Å². The Morgan fingerprint density at radius 1 is 1.00 bits per heavy atom. The third-order valence-corrected chi connectivity index (χ3v) is 6.01. The third-order valence-electron chi connectivity index (χ3n) is 5.75. The van der Waals surface area contributed by atoms with Crippen LogP contribution < -0.4 is 15.5 Å². The monoisotopic (exact) mass is 473 g/mol. The van der Waals surface area contributed by atoms with E-state index in [4.69, 9.17) is 11.6 Å². The third kappa shape index (κ3) is 4.27. The van der Waals surface area contributed by atoms with Gasteiger partial charge in [-0.1, -0.05) is 11.6 Å². The molecule has 0 fully saturated rings. The van der Waals surface area contributed by atoms with E-state index in [1.165, 1.54) is 0 Å². The normalized spacial score (nSPS) is 11.1. The quantitative estimate of drug-likeness (QED) is 0.234. The number of imidazole rings is 1. The summed E-state index contributed by atoms with van der Waals surface area (Å²) in [5.41, 5.74) is 5.37. The largest absolute Gasteiger partial charge is 0.371 e. The lowest BCUT2D eigenvalue weighted by Gasteiger charge is -2.23. The molecule has 2 heterocycles. The number of hydrogen-bond donors (Lipinski definition) is 4. The topological polar surface area (TPSA) is 102 Å². The fourth-order valence-corrected chi connectivity index (χ4v) is 4.12. The van der Waals surface area contributed by atoms with E-state index in [2.05, 4.69) is 49.5 Å². The summed E-state index contributed by atoms with van der Waals surface area (Å²) >= 11 is 5.98. The molecule has 0 aliphatic carbocycles. The number of carbonyl (C=O) groups excluding carboxylic acids is 1. The smallest absolute Gasteiger partial charge is 0.257 e. The Kier molecular flexibility index (Phi) is 5.81. The molecule has 8 nitrogen and oxygen atoms in total. The van der Waals surface area contributed by atoms with E-state index in [1.807, 2.05) is 54.6 Å². The predicted octanol–water partition coefficient (Wildman–Crippen LogP) is 5.93. The molecular weight excluding hydrogens is 450 g/mol. The minimum absolute atomic E-state index is 0.190. The minimum Gasteiger partial charge on any atom is -0.371 e. The molecular formula is C25H24ClN7O. The average Bonchev–Trinajstić information content (AvgIpc) is 3.46. The highest BCUT2D eigenvalue weighted by atomic mass is 35.5. The second kappa shape index (κ2) is 9.07. The van der Waals surface area contributed by atoms with Crippen LogP contribution in [0.2, 0.25) is 5.02 Å². The van der Waals surface area contributed by atoms with Gasteiger partial charge in [0.15, 0.2) is 0 Å². The molecule has 0 spiro atoms. The summed E-state index contributed by atoms with van der Waals surface area (Å²) in [6, 6.07) is 16.9. The van der Waals surface area contributed by atoms with Gasteiger partial charge in [-0.25, -0.2) is 4.98 Å². The summed E-state index contributed by atoms with van der Waals surface area (Å²) < 4.78 is 0. The maximum Gasteiger partial charge on any atom is 0.257 e. The fraction of sp³-hybridized carbons (Fsp3) is 0.160. The van der Waals surface area contributed by atoms with Crippen LogP contribution in [0, 0.1) is 0 Å². The number of hydrogen-bond acceptors (Lipinski definition) is 5. The molecule has 5 rings (SSSR count). The first-order valence-corrected chi connectivity index (χ1v) is 11.5. The van der Waals surface area contributed by atoms with Crippen LogP contribution in [0.25, 0.3) is 21.9 Å². The van der Waals surface area contributed by atoms with Crippen molar-refractivity contribution in [2.45, 2.75) is 13.8 Å². The maximum atomic E-state index is 13.4. The number of anilines is 4. The summed E-state index contributed by atoms with van der Waals surface area (Å²) in [6.07, 6.45) is 1.75. The molecule has 0 aliphatic heterocycles. The second-order valence-corrected chi connectivity index (χ2v) is 8.34. The second-order valence-electron chi connectivity index (χ2n) is 7.90. The molecule has 0 aliphatic rings. The summed E-state index contributed by atoms with van der Waals surface area (Å²) in [4.78, 5) is 23.5. The SMILES string of the molecule is CCN(CC)c1cc2nc(Nc3ccc(Cl)cc3)[nH]c2cc1C(=O)Nc1ccc2cn[nH]c2c1. The Labute approximate surface area is 201 Å². The van der Waals surface area contributed by atoms with Crippen molar-refractivity contribution < 1.29 is 4.79 Å². The van der Waals surface area contributed by atoms with Crippen LogP contribution in [0.3, 0.4) is 0 Å². The molecule has 0 bridgehead atoms. The lowest BCUT2D eigenvalue weighted by molar-refractivity contribution is 0.102. The molecule has 172 valence electrons. The molecule has 0 atom stereocenters. The molecule has 9 heteroatoms. The number of H-pyrrole nitrogens is 2. The van der Waals surface area contributed by atoms with Crippen molar-refractivity contribution >= 4 is 62.5 Å². The van der Waals surface area contributed by atoms with E-state index in [0.717, 1.165) is 46.4 Å². The first-order chi connectivity index (χ1) is 16.5. The van der Waals surface area contributed by atoms with Crippen molar-refractivity contribution in [1.29, 1.82) is 0 Å². The number of amides is 1. The number of fused-ring (bicyclic) bond motifs is 2. The van der Waals surface area contributed by atoms with Crippen molar-refractivity contribution in [1.82, 2.24) is 20.2 Å². The molecule has 2 aromatic heterocycles.